The molecule has 4 nitrogen and oxygen atoms in total. The van der Waals surface area contributed by atoms with Crippen molar-refractivity contribution in [2.75, 3.05) is 40.3 Å². The maximum atomic E-state index is 10.8. The highest BCUT2D eigenvalue weighted by molar-refractivity contribution is 5.67. The SMILES string of the molecule is CN1CCC(CN(C)CC(C)(C)CC(=O)O)CC1. The Morgan fingerprint density at radius 3 is 2.44 bits per heavy atom. The molecule has 1 aliphatic heterocycles. The standard InChI is InChI=1S/C14H28N2O2/c1-14(2,9-13(17)18)11-16(4)10-12-5-7-15(3)8-6-12/h12H,5-11H2,1-4H3,(H,17,18). The van der Waals surface area contributed by atoms with Crippen LogP contribution in [-0.4, -0.2) is 61.2 Å². The monoisotopic (exact) mass is 256 g/mol. The summed E-state index contributed by atoms with van der Waals surface area (Å²) in [6.07, 6.45) is 2.77. The summed E-state index contributed by atoms with van der Waals surface area (Å²) in [4.78, 5) is 15.5. The molecule has 0 aromatic heterocycles. The molecule has 4 heteroatoms. The van der Waals surface area contributed by atoms with Crippen LogP contribution in [0.25, 0.3) is 0 Å². The molecule has 0 radical (unpaired) electrons. The number of hydrogen-bond donors (Lipinski definition) is 1. The van der Waals surface area contributed by atoms with Crippen LogP contribution in [0.5, 0.6) is 0 Å². The third kappa shape index (κ3) is 5.83. The number of nitrogens with zero attached hydrogens (tertiary/aromatic N) is 2. The Morgan fingerprint density at radius 1 is 1.39 bits per heavy atom. The largest absolute Gasteiger partial charge is 0.481 e. The molecule has 0 aromatic rings. The summed E-state index contributed by atoms with van der Waals surface area (Å²) in [5.74, 6) is 0.0690. The molecule has 18 heavy (non-hydrogen) atoms. The lowest BCUT2D eigenvalue weighted by Crippen LogP contribution is -2.39. The third-order valence-electron chi connectivity index (χ3n) is 3.74. The number of carboxylic acid groups (broad SMARTS) is 1. The molecule has 1 rings (SSSR count). The van der Waals surface area contributed by atoms with Gasteiger partial charge in [-0.2, -0.15) is 0 Å². The predicted octanol–water partition coefficient (Wildman–Crippen LogP) is 1.76. The molecule has 1 aliphatic rings. The summed E-state index contributed by atoms with van der Waals surface area (Å²) in [7, 11) is 4.29. The number of likely N-dealkylation sites (tertiary alicyclic amines) is 1. The van der Waals surface area contributed by atoms with Crippen molar-refractivity contribution in [2.45, 2.75) is 33.1 Å². The van der Waals surface area contributed by atoms with Crippen molar-refractivity contribution < 1.29 is 9.90 Å². The van der Waals surface area contributed by atoms with E-state index in [-0.39, 0.29) is 11.8 Å². The van der Waals surface area contributed by atoms with Crippen molar-refractivity contribution >= 4 is 5.97 Å². The summed E-state index contributed by atoms with van der Waals surface area (Å²) >= 11 is 0. The number of rotatable bonds is 6. The number of carboxylic acids is 1. The molecule has 1 fully saturated rings. The number of aliphatic carboxylic acids is 1. The Kier molecular flexibility index (Phi) is 5.60. The molecular weight excluding hydrogens is 228 g/mol. The lowest BCUT2D eigenvalue weighted by atomic mass is 9.88. The molecule has 1 saturated heterocycles. The van der Waals surface area contributed by atoms with E-state index in [1.807, 2.05) is 13.8 Å². The van der Waals surface area contributed by atoms with Crippen molar-refractivity contribution in [1.29, 1.82) is 0 Å². The fourth-order valence-electron chi connectivity index (χ4n) is 2.95. The molecule has 0 amide bonds. The second-order valence-corrected chi connectivity index (χ2v) is 6.68. The van der Waals surface area contributed by atoms with Crippen molar-refractivity contribution in [3.8, 4) is 0 Å². The maximum Gasteiger partial charge on any atom is 0.303 e. The molecule has 0 aliphatic carbocycles. The molecule has 0 bridgehead atoms. The van der Waals surface area contributed by atoms with Crippen LogP contribution >= 0.6 is 0 Å². The Bertz CT molecular complexity index is 271. The first-order valence-electron chi connectivity index (χ1n) is 6.87. The molecule has 0 spiro atoms. The van der Waals surface area contributed by atoms with Crippen LogP contribution in [-0.2, 0) is 4.79 Å². The van der Waals surface area contributed by atoms with Gasteiger partial charge >= 0.3 is 5.97 Å². The molecule has 0 unspecified atom stereocenters. The first kappa shape index (κ1) is 15.4. The minimum atomic E-state index is -0.701. The van der Waals surface area contributed by atoms with E-state index in [1.54, 1.807) is 0 Å². The van der Waals surface area contributed by atoms with E-state index in [4.69, 9.17) is 5.11 Å². The van der Waals surface area contributed by atoms with Gasteiger partial charge < -0.3 is 14.9 Å². The van der Waals surface area contributed by atoms with Gasteiger partial charge in [0.05, 0.1) is 6.42 Å². The second-order valence-electron chi connectivity index (χ2n) is 6.68. The van der Waals surface area contributed by atoms with Crippen molar-refractivity contribution in [3.63, 3.8) is 0 Å². The normalized spacial score (nSPS) is 19.4. The van der Waals surface area contributed by atoms with E-state index in [0.717, 1.165) is 19.0 Å². The van der Waals surface area contributed by atoms with Crippen LogP contribution in [0, 0.1) is 11.3 Å². The number of piperidine rings is 1. The minimum absolute atomic E-state index is 0.147. The highest BCUT2D eigenvalue weighted by Gasteiger charge is 2.25. The lowest BCUT2D eigenvalue weighted by molar-refractivity contribution is -0.139. The van der Waals surface area contributed by atoms with Gasteiger partial charge in [0.1, 0.15) is 0 Å². The van der Waals surface area contributed by atoms with Gasteiger partial charge in [0.2, 0.25) is 0 Å². The van der Waals surface area contributed by atoms with E-state index >= 15 is 0 Å². The van der Waals surface area contributed by atoms with E-state index in [2.05, 4.69) is 23.9 Å². The maximum absolute atomic E-state index is 10.8. The lowest BCUT2D eigenvalue weighted by Gasteiger charge is -2.34. The van der Waals surface area contributed by atoms with Crippen LogP contribution < -0.4 is 0 Å². The zero-order chi connectivity index (χ0) is 13.8. The Hall–Kier alpha value is -0.610. The van der Waals surface area contributed by atoms with Gasteiger partial charge in [0.25, 0.3) is 0 Å². The molecule has 1 heterocycles. The third-order valence-corrected chi connectivity index (χ3v) is 3.74. The first-order chi connectivity index (χ1) is 8.28. The topological polar surface area (TPSA) is 43.8 Å². The molecule has 106 valence electrons. The van der Waals surface area contributed by atoms with Crippen molar-refractivity contribution in [1.82, 2.24) is 9.80 Å². The highest BCUT2D eigenvalue weighted by Crippen LogP contribution is 2.23. The van der Waals surface area contributed by atoms with Gasteiger partial charge in [0, 0.05) is 13.1 Å². The quantitative estimate of drug-likeness (QED) is 0.786. The average Bonchev–Trinajstić information content (AvgIpc) is 2.18. The average molecular weight is 256 g/mol. The molecular formula is C14H28N2O2. The summed E-state index contributed by atoms with van der Waals surface area (Å²) in [5, 5.41) is 8.89. The Morgan fingerprint density at radius 2 is 1.94 bits per heavy atom. The summed E-state index contributed by atoms with van der Waals surface area (Å²) < 4.78 is 0. The van der Waals surface area contributed by atoms with E-state index in [1.165, 1.54) is 25.9 Å². The number of carbonyl (C=O) groups is 1. The first-order valence-corrected chi connectivity index (χ1v) is 6.87. The van der Waals surface area contributed by atoms with E-state index in [9.17, 15) is 4.79 Å². The molecule has 0 atom stereocenters. The summed E-state index contributed by atoms with van der Waals surface area (Å²) in [6.45, 7) is 8.40. The van der Waals surface area contributed by atoms with Gasteiger partial charge in [0.15, 0.2) is 0 Å². The fraction of sp³-hybridized carbons (Fsp3) is 0.929. The van der Waals surface area contributed by atoms with Gasteiger partial charge in [-0.25, -0.2) is 0 Å². The molecule has 0 aromatic carbocycles. The van der Waals surface area contributed by atoms with Gasteiger partial charge in [-0.3, -0.25) is 4.79 Å². The van der Waals surface area contributed by atoms with Gasteiger partial charge in [-0.15, -0.1) is 0 Å². The summed E-state index contributed by atoms with van der Waals surface area (Å²) in [6, 6.07) is 0. The fourth-order valence-corrected chi connectivity index (χ4v) is 2.95. The Labute approximate surface area is 111 Å². The van der Waals surface area contributed by atoms with E-state index < -0.39 is 5.97 Å². The van der Waals surface area contributed by atoms with Crippen LogP contribution in [0.4, 0.5) is 0 Å². The van der Waals surface area contributed by atoms with Gasteiger partial charge in [-0.1, -0.05) is 13.8 Å². The van der Waals surface area contributed by atoms with Crippen LogP contribution in [0.15, 0.2) is 0 Å². The van der Waals surface area contributed by atoms with Crippen LogP contribution in [0.1, 0.15) is 33.1 Å². The predicted molar refractivity (Wildman–Crippen MR) is 73.8 cm³/mol. The smallest absolute Gasteiger partial charge is 0.303 e. The Balaban J connectivity index is 2.32. The molecule has 0 saturated carbocycles. The van der Waals surface area contributed by atoms with E-state index in [0.29, 0.717) is 0 Å². The van der Waals surface area contributed by atoms with Crippen LogP contribution in [0.3, 0.4) is 0 Å². The summed E-state index contributed by atoms with van der Waals surface area (Å²) in [5.41, 5.74) is -0.147. The van der Waals surface area contributed by atoms with Crippen molar-refractivity contribution in [2.24, 2.45) is 11.3 Å². The van der Waals surface area contributed by atoms with Gasteiger partial charge in [-0.05, 0) is 51.4 Å². The van der Waals surface area contributed by atoms with Crippen molar-refractivity contribution in [3.05, 3.63) is 0 Å². The van der Waals surface area contributed by atoms with Crippen LogP contribution in [0.2, 0.25) is 0 Å². The number of hydrogen-bond acceptors (Lipinski definition) is 3. The zero-order valence-corrected chi connectivity index (χ0v) is 12.3. The highest BCUT2D eigenvalue weighted by atomic mass is 16.4. The zero-order valence-electron chi connectivity index (χ0n) is 12.3. The second kappa shape index (κ2) is 6.53. The molecule has 1 N–H and O–H groups in total. The minimum Gasteiger partial charge on any atom is -0.481 e.